The third-order valence-electron chi connectivity index (χ3n) is 2.75. The van der Waals surface area contributed by atoms with E-state index in [1.807, 2.05) is 0 Å². The number of rotatable bonds is 3. The highest BCUT2D eigenvalue weighted by atomic mass is 19.1. The Morgan fingerprint density at radius 2 is 1.91 bits per heavy atom. The lowest BCUT2D eigenvalue weighted by molar-refractivity contribution is -0.387. The van der Waals surface area contributed by atoms with Crippen LogP contribution in [-0.4, -0.2) is 10.8 Å². The summed E-state index contributed by atoms with van der Waals surface area (Å²) in [5.74, 6) is -2.83. The number of anilines is 1. The fourth-order valence-corrected chi connectivity index (χ4v) is 1.68. The van der Waals surface area contributed by atoms with Crippen LogP contribution in [0.3, 0.4) is 0 Å². The molecule has 0 atom stereocenters. The molecule has 0 unspecified atom stereocenters. The summed E-state index contributed by atoms with van der Waals surface area (Å²) in [6.07, 6.45) is 0. The van der Waals surface area contributed by atoms with E-state index in [1.54, 1.807) is 6.07 Å². The number of halogens is 2. The average Bonchev–Trinajstić information content (AvgIpc) is 2.48. The van der Waals surface area contributed by atoms with Crippen LogP contribution in [0.4, 0.5) is 20.2 Å². The molecule has 1 amide bonds. The molecule has 110 valence electrons. The van der Waals surface area contributed by atoms with E-state index in [1.165, 1.54) is 12.1 Å². The molecule has 1 N–H and O–H groups in total. The van der Waals surface area contributed by atoms with Crippen LogP contribution in [0.15, 0.2) is 36.4 Å². The predicted octanol–water partition coefficient (Wildman–Crippen LogP) is 3.00. The number of carbonyl (C=O) groups is 1. The molecule has 0 aliphatic carbocycles. The number of nitro groups is 1. The van der Waals surface area contributed by atoms with Gasteiger partial charge in [-0.3, -0.25) is 14.9 Å². The van der Waals surface area contributed by atoms with E-state index in [4.69, 9.17) is 5.26 Å². The van der Waals surface area contributed by atoms with Crippen molar-refractivity contribution in [3.05, 3.63) is 69.3 Å². The lowest BCUT2D eigenvalue weighted by Crippen LogP contribution is -2.13. The van der Waals surface area contributed by atoms with Crippen molar-refractivity contribution < 1.29 is 18.5 Å². The summed E-state index contributed by atoms with van der Waals surface area (Å²) in [5, 5.41) is 21.3. The molecule has 0 fully saturated rings. The Balaban J connectivity index is 2.25. The van der Waals surface area contributed by atoms with Gasteiger partial charge in [-0.25, -0.2) is 4.39 Å². The molecule has 0 saturated carbocycles. The van der Waals surface area contributed by atoms with E-state index in [-0.39, 0.29) is 16.8 Å². The second-order valence-electron chi connectivity index (χ2n) is 4.18. The molecule has 2 rings (SSSR count). The van der Waals surface area contributed by atoms with Crippen LogP contribution in [0.2, 0.25) is 0 Å². The highest BCUT2D eigenvalue weighted by molar-refractivity contribution is 6.04. The van der Waals surface area contributed by atoms with Crippen LogP contribution in [0, 0.1) is 33.1 Å². The quantitative estimate of drug-likeness (QED) is 0.696. The molecule has 0 radical (unpaired) electrons. The second-order valence-corrected chi connectivity index (χ2v) is 4.18. The summed E-state index contributed by atoms with van der Waals surface area (Å²) < 4.78 is 27.1. The topological polar surface area (TPSA) is 96.0 Å². The molecule has 0 spiro atoms. The second kappa shape index (κ2) is 5.97. The zero-order valence-electron chi connectivity index (χ0n) is 10.8. The largest absolute Gasteiger partial charge is 0.319 e. The van der Waals surface area contributed by atoms with Crippen LogP contribution in [0.5, 0.6) is 0 Å². The Kier molecular flexibility index (Phi) is 4.08. The van der Waals surface area contributed by atoms with Crippen molar-refractivity contribution in [1.82, 2.24) is 0 Å². The predicted molar refractivity (Wildman–Crippen MR) is 72.1 cm³/mol. The van der Waals surface area contributed by atoms with Crippen molar-refractivity contribution in [1.29, 1.82) is 5.26 Å². The highest BCUT2D eigenvalue weighted by Gasteiger charge is 2.17. The third kappa shape index (κ3) is 3.04. The van der Waals surface area contributed by atoms with Crippen LogP contribution in [0.1, 0.15) is 15.9 Å². The first kappa shape index (κ1) is 15.1. The van der Waals surface area contributed by atoms with E-state index in [0.29, 0.717) is 6.07 Å². The van der Waals surface area contributed by atoms with Gasteiger partial charge in [-0.1, -0.05) is 0 Å². The molecule has 0 bridgehead atoms. The van der Waals surface area contributed by atoms with E-state index in [9.17, 15) is 23.7 Å². The summed E-state index contributed by atoms with van der Waals surface area (Å²) in [6.45, 7) is 0. The van der Waals surface area contributed by atoms with Crippen molar-refractivity contribution >= 4 is 17.3 Å². The van der Waals surface area contributed by atoms with Crippen molar-refractivity contribution in [2.45, 2.75) is 0 Å². The first-order valence-electron chi connectivity index (χ1n) is 5.87. The molecule has 0 saturated heterocycles. The Labute approximate surface area is 122 Å². The van der Waals surface area contributed by atoms with Gasteiger partial charge in [-0.15, -0.1) is 0 Å². The smallest absolute Gasteiger partial charge is 0.304 e. The molecule has 8 heteroatoms. The minimum absolute atomic E-state index is 0.0804. The van der Waals surface area contributed by atoms with Gasteiger partial charge in [-0.2, -0.15) is 9.65 Å². The third-order valence-corrected chi connectivity index (χ3v) is 2.75. The molecule has 0 aliphatic rings. The van der Waals surface area contributed by atoms with Crippen molar-refractivity contribution in [2.75, 3.05) is 5.32 Å². The normalized spacial score (nSPS) is 9.86. The maximum absolute atomic E-state index is 13.6. The monoisotopic (exact) mass is 303 g/mol. The highest BCUT2D eigenvalue weighted by Crippen LogP contribution is 2.20. The van der Waals surface area contributed by atoms with Gasteiger partial charge in [0.2, 0.25) is 5.82 Å². The van der Waals surface area contributed by atoms with Crippen LogP contribution in [0.25, 0.3) is 0 Å². The number of carbonyl (C=O) groups excluding carboxylic acids is 1. The van der Waals surface area contributed by atoms with E-state index < -0.39 is 28.2 Å². The SMILES string of the molecule is N#Cc1ccc(NC(=O)c2ccc([N+](=O)[O-])c(F)c2)c(F)c1. The number of nitriles is 1. The molecule has 0 aliphatic heterocycles. The zero-order chi connectivity index (χ0) is 16.3. The number of nitrogens with zero attached hydrogens (tertiary/aromatic N) is 2. The summed E-state index contributed by atoms with van der Waals surface area (Å²) in [6, 6.07) is 7.75. The fraction of sp³-hybridized carbons (Fsp3) is 0. The van der Waals surface area contributed by atoms with Gasteiger partial charge >= 0.3 is 5.69 Å². The number of nitro benzene ring substituents is 1. The molecule has 6 nitrogen and oxygen atoms in total. The van der Waals surface area contributed by atoms with E-state index in [0.717, 1.165) is 18.2 Å². The number of hydrogen-bond donors (Lipinski definition) is 1. The lowest BCUT2D eigenvalue weighted by atomic mass is 10.1. The molecule has 0 aromatic heterocycles. The lowest BCUT2D eigenvalue weighted by Gasteiger charge is -2.06. The number of nitrogens with one attached hydrogen (secondary N) is 1. The summed E-state index contributed by atoms with van der Waals surface area (Å²) in [4.78, 5) is 21.4. The van der Waals surface area contributed by atoms with Gasteiger partial charge in [0.15, 0.2) is 0 Å². The maximum atomic E-state index is 13.6. The molecular weight excluding hydrogens is 296 g/mol. The average molecular weight is 303 g/mol. The van der Waals surface area contributed by atoms with Crippen molar-refractivity contribution in [3.8, 4) is 6.07 Å². The van der Waals surface area contributed by atoms with E-state index >= 15 is 0 Å². The van der Waals surface area contributed by atoms with Gasteiger partial charge < -0.3 is 5.32 Å². The first-order chi connectivity index (χ1) is 10.4. The fourth-order valence-electron chi connectivity index (χ4n) is 1.68. The molecule has 22 heavy (non-hydrogen) atoms. The summed E-state index contributed by atoms with van der Waals surface area (Å²) >= 11 is 0. The van der Waals surface area contributed by atoms with Gasteiger partial charge in [0.25, 0.3) is 5.91 Å². The van der Waals surface area contributed by atoms with Crippen molar-refractivity contribution in [2.24, 2.45) is 0 Å². The van der Waals surface area contributed by atoms with Gasteiger partial charge in [0.1, 0.15) is 5.82 Å². The van der Waals surface area contributed by atoms with Crippen LogP contribution in [-0.2, 0) is 0 Å². The Bertz CT molecular complexity index is 815. The van der Waals surface area contributed by atoms with Gasteiger partial charge in [-0.05, 0) is 30.3 Å². The maximum Gasteiger partial charge on any atom is 0.304 e. The Morgan fingerprint density at radius 1 is 1.18 bits per heavy atom. The standard InChI is InChI=1S/C14H7F2N3O3/c15-10-5-8(7-17)1-3-12(10)18-14(20)9-2-4-13(19(21)22)11(16)6-9/h1-6H,(H,18,20). The number of amides is 1. The summed E-state index contributed by atoms with van der Waals surface area (Å²) in [5.41, 5.74) is -1.08. The van der Waals surface area contributed by atoms with Crippen molar-refractivity contribution in [3.63, 3.8) is 0 Å². The molecule has 2 aromatic rings. The van der Waals surface area contributed by atoms with Crippen LogP contribution >= 0.6 is 0 Å². The Hall–Kier alpha value is -3.34. The number of hydrogen-bond acceptors (Lipinski definition) is 4. The molecule has 2 aromatic carbocycles. The first-order valence-corrected chi connectivity index (χ1v) is 5.87. The van der Waals surface area contributed by atoms with Gasteiger partial charge in [0, 0.05) is 11.6 Å². The van der Waals surface area contributed by atoms with Gasteiger partial charge in [0.05, 0.1) is 22.2 Å². The molecule has 0 heterocycles. The Morgan fingerprint density at radius 3 is 2.45 bits per heavy atom. The summed E-state index contributed by atoms with van der Waals surface area (Å²) in [7, 11) is 0. The minimum Gasteiger partial charge on any atom is -0.319 e. The van der Waals surface area contributed by atoms with E-state index in [2.05, 4.69) is 5.32 Å². The molecular formula is C14H7F2N3O3. The van der Waals surface area contributed by atoms with Crippen LogP contribution < -0.4 is 5.32 Å². The zero-order valence-corrected chi connectivity index (χ0v) is 10.8. The number of benzene rings is 2. The minimum atomic E-state index is -1.17.